The predicted octanol–water partition coefficient (Wildman–Crippen LogP) is 2.05. The summed E-state index contributed by atoms with van der Waals surface area (Å²) in [6, 6.07) is 3.59. The average molecular weight is 288 g/mol. The van der Waals surface area contributed by atoms with Crippen molar-refractivity contribution in [2.24, 2.45) is 0 Å². The molecule has 1 aromatic heterocycles. The summed E-state index contributed by atoms with van der Waals surface area (Å²) in [6.45, 7) is 4.85. The molecule has 2 aromatic rings. The predicted molar refractivity (Wildman–Crippen MR) is 75.5 cm³/mol. The van der Waals surface area contributed by atoms with Gasteiger partial charge in [-0.15, -0.1) is 0 Å². The zero-order chi connectivity index (χ0) is 15.0. The molecular formula is C15H16N2O4. The molecular weight excluding hydrogens is 272 g/mol. The van der Waals surface area contributed by atoms with E-state index in [1.807, 2.05) is 17.6 Å². The Hall–Kier alpha value is -2.50. The smallest absolute Gasteiger partial charge is 0.341 e. The highest BCUT2D eigenvalue weighted by molar-refractivity contribution is 5.94. The fraction of sp³-hybridized carbons (Fsp3) is 0.333. The van der Waals surface area contributed by atoms with Crippen molar-refractivity contribution in [2.75, 3.05) is 13.4 Å². The molecule has 0 saturated heterocycles. The molecule has 0 bridgehead atoms. The van der Waals surface area contributed by atoms with E-state index in [1.165, 1.54) is 0 Å². The van der Waals surface area contributed by atoms with Crippen LogP contribution in [-0.2, 0) is 11.3 Å². The summed E-state index contributed by atoms with van der Waals surface area (Å²) in [5.41, 5.74) is 1.09. The van der Waals surface area contributed by atoms with Crippen molar-refractivity contribution in [1.29, 1.82) is 5.41 Å². The molecule has 1 aliphatic rings. The Morgan fingerprint density at radius 3 is 2.71 bits per heavy atom. The lowest BCUT2D eigenvalue weighted by Gasteiger charge is -2.13. The molecule has 6 nitrogen and oxygen atoms in total. The van der Waals surface area contributed by atoms with Crippen molar-refractivity contribution in [2.45, 2.75) is 20.4 Å². The first-order valence-corrected chi connectivity index (χ1v) is 6.84. The van der Waals surface area contributed by atoms with Crippen LogP contribution in [-0.4, -0.2) is 23.9 Å². The average Bonchev–Trinajstić information content (AvgIpc) is 2.93. The largest absolute Gasteiger partial charge is 0.462 e. The third-order valence-corrected chi connectivity index (χ3v) is 3.46. The second kappa shape index (κ2) is 5.12. The first-order valence-electron chi connectivity index (χ1n) is 6.84. The molecule has 0 atom stereocenters. The summed E-state index contributed by atoms with van der Waals surface area (Å²) in [5.74, 6) is 0.775. The second-order valence-electron chi connectivity index (χ2n) is 4.65. The van der Waals surface area contributed by atoms with Gasteiger partial charge < -0.3 is 18.8 Å². The number of hydrogen-bond donors (Lipinski definition) is 1. The normalized spacial score (nSPS) is 12.7. The summed E-state index contributed by atoms with van der Waals surface area (Å²) >= 11 is 0. The van der Waals surface area contributed by atoms with Gasteiger partial charge in [0, 0.05) is 24.2 Å². The van der Waals surface area contributed by atoms with Crippen molar-refractivity contribution in [3.8, 4) is 11.5 Å². The third kappa shape index (κ3) is 2.12. The highest BCUT2D eigenvalue weighted by Crippen LogP contribution is 2.35. The lowest BCUT2D eigenvalue weighted by Crippen LogP contribution is -2.21. The van der Waals surface area contributed by atoms with E-state index in [0.29, 0.717) is 23.4 Å². The zero-order valence-electron chi connectivity index (χ0n) is 11.9. The quantitative estimate of drug-likeness (QED) is 0.877. The van der Waals surface area contributed by atoms with Gasteiger partial charge in [-0.3, -0.25) is 5.41 Å². The Morgan fingerprint density at radius 2 is 2.05 bits per heavy atom. The third-order valence-electron chi connectivity index (χ3n) is 3.46. The Balaban J connectivity index is 2.29. The monoisotopic (exact) mass is 288 g/mol. The SMILES string of the molecule is CCOC(=O)c1cn(CC)c2cc3c(cc2c1=N)OCO3. The Morgan fingerprint density at radius 1 is 1.33 bits per heavy atom. The summed E-state index contributed by atoms with van der Waals surface area (Å²) in [5, 5.41) is 9.06. The van der Waals surface area contributed by atoms with Crippen LogP contribution in [0, 0.1) is 5.41 Å². The van der Waals surface area contributed by atoms with E-state index in [4.69, 9.17) is 19.6 Å². The maximum atomic E-state index is 12.0. The standard InChI is InChI=1S/C15H16N2O4/c1-3-17-7-10(15(18)19-4-2)14(16)9-5-12-13(6-11(9)17)21-8-20-12/h5-7,16H,3-4,8H2,1-2H3. The van der Waals surface area contributed by atoms with Gasteiger partial charge in [0.2, 0.25) is 6.79 Å². The second-order valence-corrected chi connectivity index (χ2v) is 4.65. The molecule has 0 unspecified atom stereocenters. The van der Waals surface area contributed by atoms with Gasteiger partial charge >= 0.3 is 5.97 Å². The minimum atomic E-state index is -0.482. The van der Waals surface area contributed by atoms with Crippen LogP contribution in [0.3, 0.4) is 0 Å². The van der Waals surface area contributed by atoms with Gasteiger partial charge in [0.05, 0.1) is 17.5 Å². The van der Waals surface area contributed by atoms with Crippen LogP contribution in [0.25, 0.3) is 10.9 Å². The zero-order valence-corrected chi connectivity index (χ0v) is 11.9. The van der Waals surface area contributed by atoms with Crippen LogP contribution in [0.4, 0.5) is 0 Å². The van der Waals surface area contributed by atoms with E-state index in [0.717, 1.165) is 5.52 Å². The first-order chi connectivity index (χ1) is 10.2. The van der Waals surface area contributed by atoms with Crippen LogP contribution < -0.4 is 14.8 Å². The number of carbonyl (C=O) groups excluding carboxylic acids is 1. The molecule has 1 aliphatic heterocycles. The van der Waals surface area contributed by atoms with Crippen LogP contribution in [0.1, 0.15) is 24.2 Å². The number of fused-ring (bicyclic) bond motifs is 2. The number of esters is 1. The van der Waals surface area contributed by atoms with Gasteiger partial charge in [0.15, 0.2) is 11.5 Å². The topological polar surface area (TPSA) is 73.5 Å². The van der Waals surface area contributed by atoms with Crippen molar-refractivity contribution < 1.29 is 19.0 Å². The maximum absolute atomic E-state index is 12.0. The highest BCUT2D eigenvalue weighted by Gasteiger charge is 2.19. The number of carbonyl (C=O) groups is 1. The molecule has 3 rings (SSSR count). The number of aromatic nitrogens is 1. The van der Waals surface area contributed by atoms with Crippen LogP contribution in [0.2, 0.25) is 0 Å². The molecule has 0 fully saturated rings. The molecule has 110 valence electrons. The van der Waals surface area contributed by atoms with Gasteiger partial charge in [-0.2, -0.15) is 0 Å². The summed E-state index contributed by atoms with van der Waals surface area (Å²) in [6.07, 6.45) is 1.66. The van der Waals surface area contributed by atoms with Gasteiger partial charge in [-0.25, -0.2) is 4.79 Å². The van der Waals surface area contributed by atoms with Gasteiger partial charge in [0.25, 0.3) is 0 Å². The van der Waals surface area contributed by atoms with E-state index >= 15 is 0 Å². The lowest BCUT2D eigenvalue weighted by molar-refractivity contribution is 0.0523. The van der Waals surface area contributed by atoms with Crippen molar-refractivity contribution in [3.05, 3.63) is 29.3 Å². The molecule has 0 aliphatic carbocycles. The van der Waals surface area contributed by atoms with Crippen LogP contribution in [0.5, 0.6) is 11.5 Å². The molecule has 0 saturated carbocycles. The van der Waals surface area contributed by atoms with Crippen molar-refractivity contribution in [3.63, 3.8) is 0 Å². The number of benzene rings is 1. The number of rotatable bonds is 3. The molecule has 1 aromatic carbocycles. The number of pyridine rings is 1. The van der Waals surface area contributed by atoms with Crippen molar-refractivity contribution in [1.82, 2.24) is 4.57 Å². The maximum Gasteiger partial charge on any atom is 0.341 e. The van der Waals surface area contributed by atoms with E-state index in [1.54, 1.807) is 19.2 Å². The molecule has 21 heavy (non-hydrogen) atoms. The Kier molecular flexibility index (Phi) is 3.29. The number of hydrogen-bond acceptors (Lipinski definition) is 5. The lowest BCUT2D eigenvalue weighted by atomic mass is 10.1. The molecule has 6 heteroatoms. The number of nitrogens with zero attached hydrogens (tertiary/aromatic N) is 1. The van der Waals surface area contributed by atoms with E-state index in [2.05, 4.69) is 0 Å². The number of ether oxygens (including phenoxy) is 3. The van der Waals surface area contributed by atoms with Gasteiger partial charge in [0.1, 0.15) is 5.56 Å². The van der Waals surface area contributed by atoms with E-state index < -0.39 is 5.97 Å². The Bertz CT molecular complexity index is 779. The number of aryl methyl sites for hydroxylation is 1. The van der Waals surface area contributed by atoms with Crippen LogP contribution >= 0.6 is 0 Å². The molecule has 0 amide bonds. The highest BCUT2D eigenvalue weighted by atomic mass is 16.7. The van der Waals surface area contributed by atoms with Gasteiger partial charge in [-0.1, -0.05) is 0 Å². The Labute approximate surface area is 121 Å². The summed E-state index contributed by atoms with van der Waals surface area (Å²) < 4.78 is 17.7. The molecule has 0 radical (unpaired) electrons. The van der Waals surface area contributed by atoms with E-state index in [9.17, 15) is 4.79 Å². The summed E-state index contributed by atoms with van der Waals surface area (Å²) in [4.78, 5) is 12.0. The minimum absolute atomic E-state index is 0.145. The fourth-order valence-electron chi connectivity index (χ4n) is 2.43. The van der Waals surface area contributed by atoms with E-state index in [-0.39, 0.29) is 24.3 Å². The number of nitrogens with one attached hydrogen (secondary N) is 1. The van der Waals surface area contributed by atoms with Crippen LogP contribution in [0.15, 0.2) is 18.3 Å². The molecule has 1 N–H and O–H groups in total. The minimum Gasteiger partial charge on any atom is -0.462 e. The molecule has 0 spiro atoms. The van der Waals surface area contributed by atoms with Gasteiger partial charge in [-0.05, 0) is 19.9 Å². The van der Waals surface area contributed by atoms with Crippen molar-refractivity contribution >= 4 is 16.9 Å². The first kappa shape index (κ1) is 13.5. The molecule has 2 heterocycles. The summed E-state index contributed by atoms with van der Waals surface area (Å²) in [7, 11) is 0. The fourth-order valence-corrected chi connectivity index (χ4v) is 2.43.